The predicted octanol–water partition coefficient (Wildman–Crippen LogP) is 1.31. The fourth-order valence-electron chi connectivity index (χ4n) is 2.54. The maximum Gasteiger partial charge on any atom is 0.307 e. The number of benzene rings is 1. The standard InChI is InChI=1S/C17H26N2O5S/c1-9-10(2)12(4)16(13(5)11(9)3)25(22,23)19-8-7-15(20)24-14(6)17(18)21/h14,19H,7-8H2,1-6H3,(H2,18,21)/t14-/m0/s1. The van der Waals surface area contributed by atoms with E-state index in [4.69, 9.17) is 10.5 Å². The Morgan fingerprint density at radius 2 is 1.44 bits per heavy atom. The van der Waals surface area contributed by atoms with E-state index < -0.39 is 28.0 Å². The zero-order valence-corrected chi connectivity index (χ0v) is 16.3. The smallest absolute Gasteiger partial charge is 0.307 e. The highest BCUT2D eigenvalue weighted by atomic mass is 32.2. The third-order valence-electron chi connectivity index (χ3n) is 4.53. The number of nitrogens with two attached hydrogens (primary N) is 1. The molecule has 0 saturated carbocycles. The molecule has 25 heavy (non-hydrogen) atoms. The maximum absolute atomic E-state index is 12.7. The number of hydrogen-bond acceptors (Lipinski definition) is 5. The van der Waals surface area contributed by atoms with Gasteiger partial charge in [-0.2, -0.15) is 0 Å². The molecule has 3 N–H and O–H groups in total. The fourth-order valence-corrected chi connectivity index (χ4v) is 4.17. The first-order valence-corrected chi connectivity index (χ1v) is 9.43. The molecular formula is C17H26N2O5S. The second-order valence-corrected chi connectivity index (χ2v) is 7.84. The zero-order chi connectivity index (χ0) is 19.5. The van der Waals surface area contributed by atoms with Gasteiger partial charge in [-0.25, -0.2) is 13.1 Å². The lowest BCUT2D eigenvalue weighted by atomic mass is 9.95. The van der Waals surface area contributed by atoms with Crippen molar-refractivity contribution in [2.24, 2.45) is 5.73 Å². The highest BCUT2D eigenvalue weighted by Gasteiger charge is 2.24. The Kier molecular flexibility index (Phi) is 6.73. The maximum atomic E-state index is 12.7. The number of primary amides is 1. The summed E-state index contributed by atoms with van der Waals surface area (Å²) in [5.41, 5.74) is 9.31. The fraction of sp³-hybridized carbons (Fsp3) is 0.529. The average Bonchev–Trinajstić information content (AvgIpc) is 2.50. The summed E-state index contributed by atoms with van der Waals surface area (Å²) in [6.07, 6.45) is -1.24. The van der Waals surface area contributed by atoms with Gasteiger partial charge in [0, 0.05) is 6.54 Å². The van der Waals surface area contributed by atoms with Crippen molar-refractivity contribution in [2.45, 2.75) is 59.0 Å². The van der Waals surface area contributed by atoms with Crippen LogP contribution in [0.1, 0.15) is 41.2 Å². The Labute approximate surface area is 149 Å². The van der Waals surface area contributed by atoms with E-state index in [2.05, 4.69) is 4.72 Å². The number of ether oxygens (including phenoxy) is 1. The van der Waals surface area contributed by atoms with Crippen molar-refractivity contribution in [2.75, 3.05) is 6.54 Å². The summed E-state index contributed by atoms with van der Waals surface area (Å²) in [6.45, 7) is 10.5. The molecule has 1 atom stereocenters. The van der Waals surface area contributed by atoms with Crippen LogP contribution >= 0.6 is 0 Å². The van der Waals surface area contributed by atoms with Crippen molar-refractivity contribution in [3.05, 3.63) is 27.8 Å². The molecular weight excluding hydrogens is 344 g/mol. The number of rotatable bonds is 7. The van der Waals surface area contributed by atoms with Gasteiger partial charge in [0.15, 0.2) is 6.10 Å². The number of carbonyl (C=O) groups excluding carboxylic acids is 2. The molecule has 1 aromatic rings. The molecule has 0 aliphatic heterocycles. The largest absolute Gasteiger partial charge is 0.453 e. The molecule has 1 aromatic carbocycles. The minimum atomic E-state index is -3.77. The van der Waals surface area contributed by atoms with Gasteiger partial charge in [-0.05, 0) is 69.4 Å². The van der Waals surface area contributed by atoms with Crippen LogP contribution in [0.3, 0.4) is 0 Å². The lowest BCUT2D eigenvalue weighted by Gasteiger charge is -2.19. The molecule has 1 rings (SSSR count). The van der Waals surface area contributed by atoms with Crippen LogP contribution < -0.4 is 10.5 Å². The number of nitrogens with one attached hydrogen (secondary N) is 1. The number of carbonyl (C=O) groups is 2. The Hall–Kier alpha value is -1.93. The van der Waals surface area contributed by atoms with E-state index in [0.29, 0.717) is 11.1 Å². The lowest BCUT2D eigenvalue weighted by Crippen LogP contribution is -2.32. The van der Waals surface area contributed by atoms with Gasteiger partial charge < -0.3 is 10.5 Å². The Bertz CT molecular complexity index is 771. The summed E-state index contributed by atoms with van der Waals surface area (Å²) in [6, 6.07) is 0. The van der Waals surface area contributed by atoms with Crippen molar-refractivity contribution in [3.8, 4) is 0 Å². The summed E-state index contributed by atoms with van der Waals surface area (Å²) in [7, 11) is -3.77. The van der Waals surface area contributed by atoms with Gasteiger partial charge in [0.1, 0.15) is 0 Å². The predicted molar refractivity (Wildman–Crippen MR) is 94.7 cm³/mol. The normalized spacial score (nSPS) is 12.7. The van der Waals surface area contributed by atoms with E-state index >= 15 is 0 Å². The Morgan fingerprint density at radius 3 is 1.88 bits per heavy atom. The minimum absolute atomic E-state index is 0.127. The quantitative estimate of drug-likeness (QED) is 0.702. The number of sulfonamides is 1. The summed E-state index contributed by atoms with van der Waals surface area (Å²) in [5, 5.41) is 0. The van der Waals surface area contributed by atoms with E-state index in [1.807, 2.05) is 20.8 Å². The first-order chi connectivity index (χ1) is 11.4. The molecule has 0 unspecified atom stereocenters. The lowest BCUT2D eigenvalue weighted by molar-refractivity contribution is -0.153. The Morgan fingerprint density at radius 1 is 1.00 bits per heavy atom. The second kappa shape index (κ2) is 7.97. The summed E-state index contributed by atoms with van der Waals surface area (Å²) in [5.74, 6) is -1.45. The summed E-state index contributed by atoms with van der Waals surface area (Å²) < 4.78 is 32.5. The highest BCUT2D eigenvalue weighted by Crippen LogP contribution is 2.29. The van der Waals surface area contributed by atoms with Crippen LogP contribution in [0.2, 0.25) is 0 Å². The van der Waals surface area contributed by atoms with Gasteiger partial charge >= 0.3 is 5.97 Å². The van der Waals surface area contributed by atoms with Crippen LogP contribution in [0.25, 0.3) is 0 Å². The number of esters is 1. The third kappa shape index (κ3) is 4.79. The van der Waals surface area contributed by atoms with Gasteiger partial charge in [-0.15, -0.1) is 0 Å². The van der Waals surface area contributed by atoms with E-state index in [1.165, 1.54) is 6.92 Å². The topological polar surface area (TPSA) is 116 Å². The molecule has 8 heteroatoms. The minimum Gasteiger partial charge on any atom is -0.453 e. The first kappa shape index (κ1) is 21.1. The summed E-state index contributed by atoms with van der Waals surface area (Å²) >= 11 is 0. The molecule has 0 aliphatic rings. The molecule has 0 fully saturated rings. The molecule has 0 heterocycles. The van der Waals surface area contributed by atoms with Crippen molar-refractivity contribution >= 4 is 21.9 Å². The molecule has 1 amide bonds. The molecule has 0 saturated heterocycles. The SMILES string of the molecule is Cc1c(C)c(C)c(S(=O)(=O)NCCC(=O)O[C@@H](C)C(N)=O)c(C)c1C. The van der Waals surface area contributed by atoms with Crippen molar-refractivity contribution in [3.63, 3.8) is 0 Å². The van der Waals surface area contributed by atoms with Crippen LogP contribution in [-0.4, -0.2) is 32.9 Å². The third-order valence-corrected chi connectivity index (χ3v) is 6.26. The number of amides is 1. The second-order valence-electron chi connectivity index (χ2n) is 6.14. The van der Waals surface area contributed by atoms with Gasteiger partial charge in [-0.1, -0.05) is 0 Å². The zero-order valence-electron chi connectivity index (χ0n) is 15.5. The van der Waals surface area contributed by atoms with Crippen LogP contribution in [0.5, 0.6) is 0 Å². The van der Waals surface area contributed by atoms with Gasteiger partial charge in [0.25, 0.3) is 5.91 Å². The van der Waals surface area contributed by atoms with Crippen LogP contribution in [0.15, 0.2) is 4.90 Å². The van der Waals surface area contributed by atoms with Crippen LogP contribution in [0.4, 0.5) is 0 Å². The number of hydrogen-bond donors (Lipinski definition) is 2. The van der Waals surface area contributed by atoms with E-state index in [9.17, 15) is 18.0 Å². The van der Waals surface area contributed by atoms with Gasteiger partial charge in [-0.3, -0.25) is 9.59 Å². The highest BCUT2D eigenvalue weighted by molar-refractivity contribution is 7.89. The Balaban J connectivity index is 2.91. The molecule has 0 bridgehead atoms. The van der Waals surface area contributed by atoms with Crippen molar-refractivity contribution < 1.29 is 22.7 Å². The molecule has 0 spiro atoms. The first-order valence-electron chi connectivity index (χ1n) is 7.95. The van der Waals surface area contributed by atoms with Crippen molar-refractivity contribution in [1.29, 1.82) is 0 Å². The van der Waals surface area contributed by atoms with E-state index in [1.54, 1.807) is 13.8 Å². The van der Waals surface area contributed by atoms with E-state index in [-0.39, 0.29) is 17.9 Å². The van der Waals surface area contributed by atoms with Crippen molar-refractivity contribution in [1.82, 2.24) is 4.72 Å². The van der Waals surface area contributed by atoms with Gasteiger partial charge in [0.05, 0.1) is 11.3 Å². The van der Waals surface area contributed by atoms with E-state index in [0.717, 1.165) is 16.7 Å². The average molecular weight is 370 g/mol. The molecule has 0 aromatic heterocycles. The molecule has 0 radical (unpaired) electrons. The monoisotopic (exact) mass is 370 g/mol. The van der Waals surface area contributed by atoms with Gasteiger partial charge in [0.2, 0.25) is 10.0 Å². The summed E-state index contributed by atoms with van der Waals surface area (Å²) in [4.78, 5) is 22.7. The molecule has 7 nitrogen and oxygen atoms in total. The van der Waals surface area contributed by atoms with Crippen LogP contribution in [-0.2, 0) is 24.3 Å². The molecule has 0 aliphatic carbocycles. The molecule has 140 valence electrons. The van der Waals surface area contributed by atoms with Crippen LogP contribution in [0, 0.1) is 34.6 Å².